The molecule has 0 saturated carbocycles. The molecule has 1 atom stereocenters. The van der Waals surface area contributed by atoms with Crippen molar-refractivity contribution in [2.24, 2.45) is 11.5 Å². The van der Waals surface area contributed by atoms with Gasteiger partial charge in [-0.05, 0) is 31.5 Å². The fourth-order valence-corrected chi connectivity index (χ4v) is 2.43. The van der Waals surface area contributed by atoms with Crippen molar-refractivity contribution in [1.82, 2.24) is 4.90 Å². The summed E-state index contributed by atoms with van der Waals surface area (Å²) in [4.78, 5) is 13.2. The molecule has 100 valence electrons. The van der Waals surface area contributed by atoms with E-state index in [1.165, 1.54) is 0 Å². The molecule has 0 heterocycles. The molecular formula is C13H20BrN3O. The third kappa shape index (κ3) is 4.08. The van der Waals surface area contributed by atoms with Crippen molar-refractivity contribution in [2.45, 2.75) is 25.9 Å². The van der Waals surface area contributed by atoms with Crippen molar-refractivity contribution in [3.8, 4) is 0 Å². The Bertz CT molecular complexity index is 409. The second-order valence-corrected chi connectivity index (χ2v) is 5.45. The van der Waals surface area contributed by atoms with Crippen molar-refractivity contribution in [1.29, 1.82) is 0 Å². The zero-order valence-electron chi connectivity index (χ0n) is 10.8. The van der Waals surface area contributed by atoms with Gasteiger partial charge in [-0.3, -0.25) is 9.69 Å². The summed E-state index contributed by atoms with van der Waals surface area (Å²) >= 11 is 3.45. The number of hydrogen-bond acceptors (Lipinski definition) is 3. The molecule has 0 aromatic heterocycles. The molecule has 1 aromatic rings. The Balaban J connectivity index is 3.01. The van der Waals surface area contributed by atoms with Crippen LogP contribution in [0.1, 0.15) is 25.5 Å². The molecule has 1 amide bonds. The minimum Gasteiger partial charge on any atom is -0.369 e. The number of nitrogens with zero attached hydrogens (tertiary/aromatic N) is 1. The fourth-order valence-electron chi connectivity index (χ4n) is 2.01. The Morgan fingerprint density at radius 3 is 2.56 bits per heavy atom. The first-order chi connectivity index (χ1) is 8.45. The quantitative estimate of drug-likeness (QED) is 0.838. The predicted octanol–water partition coefficient (Wildman–Crippen LogP) is 1.64. The molecule has 0 saturated heterocycles. The molecule has 4 N–H and O–H groups in total. The van der Waals surface area contributed by atoms with E-state index in [1.807, 2.05) is 43.0 Å². The van der Waals surface area contributed by atoms with Gasteiger partial charge in [-0.1, -0.05) is 28.1 Å². The van der Waals surface area contributed by atoms with E-state index in [1.54, 1.807) is 0 Å². The van der Waals surface area contributed by atoms with Gasteiger partial charge in [0.15, 0.2) is 0 Å². The number of hydrogen-bond donors (Lipinski definition) is 2. The Morgan fingerprint density at radius 1 is 1.44 bits per heavy atom. The zero-order valence-corrected chi connectivity index (χ0v) is 12.4. The molecule has 0 aliphatic rings. The SMILES string of the molecule is CC(C)N(CC(N)=O)C(CN)c1cccc(Br)c1. The highest BCUT2D eigenvalue weighted by Crippen LogP contribution is 2.24. The number of amides is 1. The van der Waals surface area contributed by atoms with Crippen LogP contribution in [0.15, 0.2) is 28.7 Å². The third-order valence-electron chi connectivity index (χ3n) is 2.86. The second-order valence-electron chi connectivity index (χ2n) is 4.54. The van der Waals surface area contributed by atoms with E-state index in [0.29, 0.717) is 6.54 Å². The van der Waals surface area contributed by atoms with Crippen LogP contribution in [0.25, 0.3) is 0 Å². The first kappa shape index (κ1) is 15.1. The van der Waals surface area contributed by atoms with E-state index in [2.05, 4.69) is 15.9 Å². The van der Waals surface area contributed by atoms with Crippen LogP contribution >= 0.6 is 15.9 Å². The van der Waals surface area contributed by atoms with Crippen LogP contribution in [0.5, 0.6) is 0 Å². The van der Waals surface area contributed by atoms with Gasteiger partial charge in [0.05, 0.1) is 6.54 Å². The van der Waals surface area contributed by atoms with Gasteiger partial charge >= 0.3 is 0 Å². The third-order valence-corrected chi connectivity index (χ3v) is 3.35. The standard InChI is InChI=1S/C13H20BrN3O/c1-9(2)17(8-13(16)18)12(7-15)10-4-3-5-11(14)6-10/h3-6,9,12H,7-8,15H2,1-2H3,(H2,16,18). The van der Waals surface area contributed by atoms with Gasteiger partial charge in [0, 0.05) is 23.1 Å². The van der Waals surface area contributed by atoms with E-state index in [4.69, 9.17) is 11.5 Å². The lowest BCUT2D eigenvalue weighted by atomic mass is 10.0. The van der Waals surface area contributed by atoms with Gasteiger partial charge in [-0.2, -0.15) is 0 Å². The monoisotopic (exact) mass is 313 g/mol. The highest BCUT2D eigenvalue weighted by molar-refractivity contribution is 9.10. The predicted molar refractivity (Wildman–Crippen MR) is 77.0 cm³/mol. The van der Waals surface area contributed by atoms with Gasteiger partial charge in [0.25, 0.3) is 0 Å². The molecule has 1 aromatic carbocycles. The number of nitrogens with two attached hydrogens (primary N) is 2. The zero-order chi connectivity index (χ0) is 13.7. The second kappa shape index (κ2) is 6.87. The van der Waals surface area contributed by atoms with Crippen LogP contribution in [0.4, 0.5) is 0 Å². The maximum absolute atomic E-state index is 11.2. The van der Waals surface area contributed by atoms with Crippen molar-refractivity contribution in [3.05, 3.63) is 34.3 Å². The number of carbonyl (C=O) groups is 1. The first-order valence-electron chi connectivity index (χ1n) is 5.95. The van der Waals surface area contributed by atoms with Gasteiger partial charge in [0.2, 0.25) is 5.91 Å². The van der Waals surface area contributed by atoms with Gasteiger partial charge in [0.1, 0.15) is 0 Å². The molecule has 0 radical (unpaired) electrons. The molecule has 0 spiro atoms. The average molecular weight is 314 g/mol. The Labute approximate surface area is 116 Å². The van der Waals surface area contributed by atoms with Gasteiger partial charge in [-0.25, -0.2) is 0 Å². The maximum atomic E-state index is 11.2. The maximum Gasteiger partial charge on any atom is 0.231 e. The van der Waals surface area contributed by atoms with Gasteiger partial charge < -0.3 is 11.5 Å². The molecule has 0 aliphatic heterocycles. The van der Waals surface area contributed by atoms with E-state index < -0.39 is 0 Å². The van der Waals surface area contributed by atoms with Crippen molar-refractivity contribution in [2.75, 3.05) is 13.1 Å². The van der Waals surface area contributed by atoms with Crippen LogP contribution in [-0.4, -0.2) is 29.9 Å². The summed E-state index contributed by atoms with van der Waals surface area (Å²) in [6, 6.07) is 8.16. The lowest BCUT2D eigenvalue weighted by Crippen LogP contribution is -2.43. The Morgan fingerprint density at radius 2 is 2.11 bits per heavy atom. The summed E-state index contributed by atoms with van der Waals surface area (Å²) in [6.45, 7) is 4.72. The smallest absolute Gasteiger partial charge is 0.231 e. The topological polar surface area (TPSA) is 72.3 Å². The first-order valence-corrected chi connectivity index (χ1v) is 6.74. The Hall–Kier alpha value is -0.910. The average Bonchev–Trinajstić information content (AvgIpc) is 2.28. The number of benzene rings is 1. The van der Waals surface area contributed by atoms with Crippen LogP contribution in [-0.2, 0) is 4.79 Å². The molecular weight excluding hydrogens is 294 g/mol. The van der Waals surface area contributed by atoms with Crippen molar-refractivity contribution in [3.63, 3.8) is 0 Å². The number of rotatable bonds is 6. The van der Waals surface area contributed by atoms with Crippen LogP contribution in [0.2, 0.25) is 0 Å². The van der Waals surface area contributed by atoms with Gasteiger partial charge in [-0.15, -0.1) is 0 Å². The number of halogens is 1. The summed E-state index contributed by atoms with van der Waals surface area (Å²) in [6.07, 6.45) is 0. The van der Waals surface area contributed by atoms with E-state index >= 15 is 0 Å². The highest BCUT2D eigenvalue weighted by Gasteiger charge is 2.23. The lowest BCUT2D eigenvalue weighted by molar-refractivity contribution is -0.120. The summed E-state index contributed by atoms with van der Waals surface area (Å²) in [5, 5.41) is 0. The summed E-state index contributed by atoms with van der Waals surface area (Å²) < 4.78 is 1.00. The van der Waals surface area contributed by atoms with Crippen LogP contribution in [0.3, 0.4) is 0 Å². The number of primary amides is 1. The molecule has 18 heavy (non-hydrogen) atoms. The molecule has 0 bridgehead atoms. The molecule has 0 aliphatic carbocycles. The normalized spacial score (nSPS) is 13.0. The van der Waals surface area contributed by atoms with E-state index in [0.717, 1.165) is 10.0 Å². The van der Waals surface area contributed by atoms with Crippen LogP contribution in [0, 0.1) is 0 Å². The Kier molecular flexibility index (Phi) is 5.78. The fraction of sp³-hybridized carbons (Fsp3) is 0.462. The van der Waals surface area contributed by atoms with E-state index in [9.17, 15) is 4.79 Å². The van der Waals surface area contributed by atoms with Crippen LogP contribution < -0.4 is 11.5 Å². The molecule has 5 heteroatoms. The van der Waals surface area contributed by atoms with Crippen molar-refractivity contribution >= 4 is 21.8 Å². The highest BCUT2D eigenvalue weighted by atomic mass is 79.9. The minimum absolute atomic E-state index is 0.00463. The molecule has 1 unspecified atom stereocenters. The van der Waals surface area contributed by atoms with E-state index in [-0.39, 0.29) is 24.5 Å². The molecule has 0 fully saturated rings. The number of carbonyl (C=O) groups excluding carboxylic acids is 1. The summed E-state index contributed by atoms with van der Waals surface area (Å²) in [5.41, 5.74) is 12.2. The summed E-state index contributed by atoms with van der Waals surface area (Å²) in [5.74, 6) is -0.336. The minimum atomic E-state index is -0.336. The largest absolute Gasteiger partial charge is 0.369 e. The molecule has 1 rings (SSSR count). The lowest BCUT2D eigenvalue weighted by Gasteiger charge is -2.33. The van der Waals surface area contributed by atoms with Crippen molar-refractivity contribution < 1.29 is 4.79 Å². The summed E-state index contributed by atoms with van der Waals surface area (Å²) in [7, 11) is 0. The molecule has 4 nitrogen and oxygen atoms in total.